The van der Waals surface area contributed by atoms with E-state index in [0.29, 0.717) is 23.8 Å². The van der Waals surface area contributed by atoms with Gasteiger partial charge in [-0.05, 0) is 32.4 Å². The van der Waals surface area contributed by atoms with Crippen LogP contribution in [0.15, 0.2) is 12.1 Å². The lowest BCUT2D eigenvalue weighted by molar-refractivity contribution is -0.143. The molecule has 1 heterocycles. The van der Waals surface area contributed by atoms with Crippen LogP contribution in [0, 0.1) is 5.92 Å². The van der Waals surface area contributed by atoms with Gasteiger partial charge in [0, 0.05) is 24.2 Å². The summed E-state index contributed by atoms with van der Waals surface area (Å²) in [5, 5.41) is 9.27. The lowest BCUT2D eigenvalue weighted by atomic mass is 9.95. The quantitative estimate of drug-likeness (QED) is 0.868. The van der Waals surface area contributed by atoms with E-state index in [0.717, 1.165) is 24.9 Å². The second-order valence-corrected chi connectivity index (χ2v) is 5.80. The Morgan fingerprint density at radius 3 is 2.35 bits per heavy atom. The molecular weight excluding hydrogens is 298 g/mol. The van der Waals surface area contributed by atoms with Crippen molar-refractivity contribution < 1.29 is 24.1 Å². The Hall–Kier alpha value is -1.95. The van der Waals surface area contributed by atoms with Crippen molar-refractivity contribution in [2.75, 3.05) is 34.4 Å². The van der Waals surface area contributed by atoms with Crippen LogP contribution in [0.2, 0.25) is 0 Å². The third-order valence-corrected chi connectivity index (χ3v) is 4.54. The molecule has 6 nitrogen and oxygen atoms in total. The van der Waals surface area contributed by atoms with Crippen LogP contribution in [-0.2, 0) is 4.79 Å². The van der Waals surface area contributed by atoms with Crippen molar-refractivity contribution in [1.29, 1.82) is 0 Å². The average molecular weight is 323 g/mol. The fourth-order valence-electron chi connectivity index (χ4n) is 3.14. The van der Waals surface area contributed by atoms with Gasteiger partial charge in [-0.3, -0.25) is 9.69 Å². The molecule has 1 aromatic rings. The van der Waals surface area contributed by atoms with E-state index >= 15 is 0 Å². The molecule has 0 aliphatic carbocycles. The average Bonchev–Trinajstić information content (AvgIpc) is 2.59. The number of carboxylic acid groups (broad SMARTS) is 1. The van der Waals surface area contributed by atoms with Crippen LogP contribution >= 0.6 is 0 Å². The maximum atomic E-state index is 11.3. The molecule has 1 fully saturated rings. The first-order valence-corrected chi connectivity index (χ1v) is 7.78. The Bertz CT molecular complexity index is 560. The molecule has 2 atom stereocenters. The van der Waals surface area contributed by atoms with Crippen molar-refractivity contribution in [1.82, 2.24) is 4.90 Å². The molecule has 0 aromatic heterocycles. The largest absolute Gasteiger partial charge is 0.496 e. The SMILES string of the molecule is COc1cc(OC)c(C(C)N2CCCC(C(=O)O)C2)cc1OC. The standard InChI is InChI=1S/C17H25NO5/c1-11(18-7-5-6-12(10-18)17(19)20)13-8-15(22-3)16(23-4)9-14(13)21-2/h8-9,11-12H,5-7,10H2,1-4H3,(H,19,20). The summed E-state index contributed by atoms with van der Waals surface area (Å²) in [6.07, 6.45) is 1.62. The van der Waals surface area contributed by atoms with E-state index in [9.17, 15) is 9.90 Å². The maximum absolute atomic E-state index is 11.3. The highest BCUT2D eigenvalue weighted by molar-refractivity contribution is 5.70. The van der Waals surface area contributed by atoms with Gasteiger partial charge in [-0.15, -0.1) is 0 Å². The number of nitrogens with zero attached hydrogens (tertiary/aromatic N) is 1. The summed E-state index contributed by atoms with van der Waals surface area (Å²) in [5.41, 5.74) is 0.969. The van der Waals surface area contributed by atoms with Gasteiger partial charge in [-0.1, -0.05) is 0 Å². The normalized spacial score (nSPS) is 19.9. The Balaban J connectivity index is 2.30. The molecule has 0 radical (unpaired) electrons. The van der Waals surface area contributed by atoms with Gasteiger partial charge in [0.1, 0.15) is 5.75 Å². The molecule has 2 rings (SSSR count). The number of hydrogen-bond acceptors (Lipinski definition) is 5. The molecule has 0 amide bonds. The summed E-state index contributed by atoms with van der Waals surface area (Å²) in [5.74, 6) is 0.940. The first-order valence-electron chi connectivity index (χ1n) is 7.78. The smallest absolute Gasteiger partial charge is 0.307 e. The first-order chi connectivity index (χ1) is 11.0. The van der Waals surface area contributed by atoms with E-state index in [4.69, 9.17) is 14.2 Å². The molecule has 1 aliphatic rings. The minimum absolute atomic E-state index is 0.0342. The number of benzene rings is 1. The first kappa shape index (κ1) is 17.4. The van der Waals surface area contributed by atoms with Crippen LogP contribution in [0.1, 0.15) is 31.4 Å². The van der Waals surface area contributed by atoms with Gasteiger partial charge in [0.25, 0.3) is 0 Å². The zero-order valence-corrected chi connectivity index (χ0v) is 14.2. The van der Waals surface area contributed by atoms with Crippen molar-refractivity contribution in [3.63, 3.8) is 0 Å². The number of aliphatic carboxylic acids is 1. The Kier molecular flexibility index (Phi) is 5.71. The predicted molar refractivity (Wildman–Crippen MR) is 86.4 cm³/mol. The highest BCUT2D eigenvalue weighted by Gasteiger charge is 2.30. The second kappa shape index (κ2) is 7.55. The van der Waals surface area contributed by atoms with Crippen molar-refractivity contribution in [3.05, 3.63) is 17.7 Å². The molecule has 1 saturated heterocycles. The zero-order chi connectivity index (χ0) is 17.0. The van der Waals surface area contributed by atoms with Gasteiger partial charge in [-0.25, -0.2) is 0 Å². The topological polar surface area (TPSA) is 68.2 Å². The van der Waals surface area contributed by atoms with Gasteiger partial charge < -0.3 is 19.3 Å². The Morgan fingerprint density at radius 1 is 1.17 bits per heavy atom. The Morgan fingerprint density at radius 2 is 1.78 bits per heavy atom. The molecule has 6 heteroatoms. The second-order valence-electron chi connectivity index (χ2n) is 5.80. The molecule has 0 bridgehead atoms. The summed E-state index contributed by atoms with van der Waals surface area (Å²) >= 11 is 0. The number of likely N-dealkylation sites (tertiary alicyclic amines) is 1. The lowest BCUT2D eigenvalue weighted by Gasteiger charge is -2.36. The van der Waals surface area contributed by atoms with Gasteiger partial charge >= 0.3 is 5.97 Å². The van der Waals surface area contributed by atoms with Gasteiger partial charge in [-0.2, -0.15) is 0 Å². The molecule has 23 heavy (non-hydrogen) atoms. The number of methoxy groups -OCH3 is 3. The van der Waals surface area contributed by atoms with Gasteiger partial charge in [0.2, 0.25) is 0 Å². The number of hydrogen-bond donors (Lipinski definition) is 1. The summed E-state index contributed by atoms with van der Waals surface area (Å²) < 4.78 is 16.2. The van der Waals surface area contributed by atoms with E-state index in [-0.39, 0.29) is 12.0 Å². The molecule has 0 spiro atoms. The van der Waals surface area contributed by atoms with Gasteiger partial charge in [0.15, 0.2) is 11.5 Å². The van der Waals surface area contributed by atoms with Crippen LogP contribution in [0.25, 0.3) is 0 Å². The summed E-state index contributed by atoms with van der Waals surface area (Å²) in [4.78, 5) is 13.5. The van der Waals surface area contributed by atoms with E-state index in [1.807, 2.05) is 12.1 Å². The minimum atomic E-state index is -0.721. The van der Waals surface area contributed by atoms with E-state index in [1.165, 1.54) is 0 Å². The molecule has 1 aliphatic heterocycles. The number of carboxylic acids is 1. The van der Waals surface area contributed by atoms with Crippen molar-refractivity contribution in [2.24, 2.45) is 5.92 Å². The fourth-order valence-corrected chi connectivity index (χ4v) is 3.14. The third-order valence-electron chi connectivity index (χ3n) is 4.54. The lowest BCUT2D eigenvalue weighted by Crippen LogP contribution is -2.40. The molecule has 0 saturated carbocycles. The minimum Gasteiger partial charge on any atom is -0.496 e. The summed E-state index contributed by atoms with van der Waals surface area (Å²) in [7, 11) is 4.80. The van der Waals surface area contributed by atoms with E-state index in [2.05, 4.69) is 11.8 Å². The number of carbonyl (C=O) groups is 1. The number of piperidine rings is 1. The number of ether oxygens (including phenoxy) is 3. The van der Waals surface area contributed by atoms with Crippen LogP contribution in [0.5, 0.6) is 17.2 Å². The molecule has 128 valence electrons. The van der Waals surface area contributed by atoms with E-state index in [1.54, 1.807) is 21.3 Å². The highest BCUT2D eigenvalue weighted by atomic mass is 16.5. The van der Waals surface area contributed by atoms with Crippen molar-refractivity contribution in [3.8, 4) is 17.2 Å². The number of rotatable bonds is 6. The monoisotopic (exact) mass is 323 g/mol. The zero-order valence-electron chi connectivity index (χ0n) is 14.2. The summed E-state index contributed by atoms with van der Waals surface area (Å²) in [6.45, 7) is 3.49. The highest BCUT2D eigenvalue weighted by Crippen LogP contribution is 2.39. The van der Waals surface area contributed by atoms with Crippen LogP contribution in [0.3, 0.4) is 0 Å². The van der Waals surface area contributed by atoms with Crippen molar-refractivity contribution >= 4 is 5.97 Å². The van der Waals surface area contributed by atoms with Gasteiger partial charge in [0.05, 0.1) is 27.2 Å². The van der Waals surface area contributed by atoms with E-state index < -0.39 is 5.97 Å². The molecule has 2 unspecified atom stereocenters. The predicted octanol–water partition coefficient (Wildman–Crippen LogP) is 2.57. The fraction of sp³-hybridized carbons (Fsp3) is 0.588. The van der Waals surface area contributed by atoms with Crippen LogP contribution in [0.4, 0.5) is 0 Å². The third kappa shape index (κ3) is 3.69. The molecule has 1 aromatic carbocycles. The molecule has 1 N–H and O–H groups in total. The maximum Gasteiger partial charge on any atom is 0.307 e. The van der Waals surface area contributed by atoms with Crippen LogP contribution in [-0.4, -0.2) is 50.4 Å². The molecular formula is C17H25NO5. The van der Waals surface area contributed by atoms with Crippen molar-refractivity contribution in [2.45, 2.75) is 25.8 Å². The van der Waals surface area contributed by atoms with Crippen LogP contribution < -0.4 is 14.2 Å². The summed E-state index contributed by atoms with van der Waals surface area (Å²) in [6, 6.07) is 3.75. The Labute approximate surface area is 136 Å².